The maximum atomic E-state index is 12.3. The van der Waals surface area contributed by atoms with Gasteiger partial charge in [-0.25, -0.2) is 4.98 Å². The molecule has 0 bridgehead atoms. The van der Waals surface area contributed by atoms with Gasteiger partial charge in [0.15, 0.2) is 0 Å². The predicted molar refractivity (Wildman–Crippen MR) is 93.5 cm³/mol. The maximum absolute atomic E-state index is 12.3. The van der Waals surface area contributed by atoms with Crippen LogP contribution in [0.3, 0.4) is 0 Å². The third-order valence-corrected chi connectivity index (χ3v) is 5.65. The fourth-order valence-corrected chi connectivity index (χ4v) is 5.03. The van der Waals surface area contributed by atoms with Crippen LogP contribution in [0.5, 0.6) is 0 Å². The molecule has 2 aliphatic rings. The van der Waals surface area contributed by atoms with Crippen molar-refractivity contribution in [2.24, 2.45) is 11.3 Å². The second-order valence-corrected chi connectivity index (χ2v) is 7.96. The first-order valence-electron chi connectivity index (χ1n) is 8.87. The predicted octanol–water partition coefficient (Wildman–Crippen LogP) is 1.09. The normalized spacial score (nSPS) is 31.8. The molecule has 3 rings (SSSR count). The van der Waals surface area contributed by atoms with E-state index in [1.807, 2.05) is 6.07 Å². The Morgan fingerprint density at radius 3 is 2.84 bits per heavy atom. The van der Waals surface area contributed by atoms with E-state index in [1.165, 1.54) is 0 Å². The molecule has 0 radical (unpaired) electrons. The third kappa shape index (κ3) is 3.39. The van der Waals surface area contributed by atoms with E-state index in [-0.39, 0.29) is 23.8 Å². The Labute approximate surface area is 148 Å². The minimum absolute atomic E-state index is 0.110. The molecule has 1 aliphatic heterocycles. The highest BCUT2D eigenvalue weighted by molar-refractivity contribution is 5.78. The summed E-state index contributed by atoms with van der Waals surface area (Å²) in [5.41, 5.74) is 1.23. The van der Waals surface area contributed by atoms with Crippen molar-refractivity contribution in [3.63, 3.8) is 0 Å². The van der Waals surface area contributed by atoms with Crippen LogP contribution in [-0.4, -0.2) is 52.7 Å². The number of aliphatic hydroxyl groups excluding tert-OH is 1. The van der Waals surface area contributed by atoms with Crippen LogP contribution in [0.15, 0.2) is 18.3 Å². The summed E-state index contributed by atoms with van der Waals surface area (Å²) in [6, 6.07) is 5.59. The largest absolute Gasteiger partial charge is 0.391 e. The first kappa shape index (κ1) is 17.8. The molecule has 2 N–H and O–H groups in total. The molecule has 1 amide bonds. The lowest BCUT2D eigenvalue weighted by Gasteiger charge is -2.57. The number of hydrogen-bond acceptors (Lipinski definition) is 5. The van der Waals surface area contributed by atoms with Crippen molar-refractivity contribution in [2.45, 2.75) is 51.3 Å². The van der Waals surface area contributed by atoms with Gasteiger partial charge in [-0.2, -0.15) is 5.26 Å². The average molecular weight is 342 g/mol. The Morgan fingerprint density at radius 1 is 1.52 bits per heavy atom. The Kier molecular flexibility index (Phi) is 4.81. The Balaban J connectivity index is 1.59. The Bertz CT molecular complexity index is 677. The van der Waals surface area contributed by atoms with Crippen molar-refractivity contribution < 1.29 is 9.90 Å². The van der Waals surface area contributed by atoms with Crippen LogP contribution < -0.4 is 5.32 Å². The lowest BCUT2D eigenvalue weighted by molar-refractivity contribution is -0.121. The number of aliphatic hydroxyl groups is 1. The number of hydrogen-bond donors (Lipinski definition) is 2. The van der Waals surface area contributed by atoms with E-state index >= 15 is 0 Å². The zero-order valence-corrected chi connectivity index (χ0v) is 15.1. The summed E-state index contributed by atoms with van der Waals surface area (Å²) in [6.07, 6.45) is 2.86. The van der Waals surface area contributed by atoms with Gasteiger partial charge in [-0.1, -0.05) is 19.9 Å². The zero-order valence-electron chi connectivity index (χ0n) is 15.1. The van der Waals surface area contributed by atoms with Crippen LogP contribution in [0.2, 0.25) is 0 Å². The van der Waals surface area contributed by atoms with Crippen LogP contribution in [0.4, 0.5) is 0 Å². The van der Waals surface area contributed by atoms with Gasteiger partial charge in [-0.3, -0.25) is 4.79 Å². The van der Waals surface area contributed by atoms with E-state index in [4.69, 9.17) is 5.26 Å². The zero-order chi connectivity index (χ0) is 18.2. The van der Waals surface area contributed by atoms with Crippen LogP contribution in [0.1, 0.15) is 37.9 Å². The average Bonchev–Trinajstić information content (AvgIpc) is 2.84. The van der Waals surface area contributed by atoms with Gasteiger partial charge in [0.05, 0.1) is 18.6 Å². The first-order valence-corrected chi connectivity index (χ1v) is 8.87. The molecule has 2 heterocycles. The second-order valence-electron chi connectivity index (χ2n) is 7.96. The lowest BCUT2D eigenvalue weighted by atomic mass is 9.66. The van der Waals surface area contributed by atoms with Crippen LogP contribution in [-0.2, 0) is 11.2 Å². The summed E-state index contributed by atoms with van der Waals surface area (Å²) in [4.78, 5) is 18.7. The second kappa shape index (κ2) is 6.74. The molecular formula is C19H26N4O2. The molecule has 2 fully saturated rings. The minimum atomic E-state index is -0.488. The summed E-state index contributed by atoms with van der Waals surface area (Å²) >= 11 is 0. The third-order valence-electron chi connectivity index (χ3n) is 5.65. The number of aromatic nitrogens is 1. The summed E-state index contributed by atoms with van der Waals surface area (Å²) < 4.78 is 0. The number of nitrogens with one attached hydrogen (secondary N) is 1. The SMILES string of the molecule is CC(C)C1N(C)CC12C[C@@H](O)[C@H](NC(=O)Cc1ccc(C#N)nc1)C2. The van der Waals surface area contributed by atoms with Gasteiger partial charge in [0.1, 0.15) is 11.8 Å². The number of nitrogens with zero attached hydrogens (tertiary/aromatic N) is 3. The fourth-order valence-electron chi connectivity index (χ4n) is 5.03. The van der Waals surface area contributed by atoms with Crippen LogP contribution in [0.25, 0.3) is 0 Å². The van der Waals surface area contributed by atoms with Crippen LogP contribution >= 0.6 is 0 Å². The van der Waals surface area contributed by atoms with Gasteiger partial charge in [0.2, 0.25) is 5.91 Å². The van der Waals surface area contributed by atoms with Gasteiger partial charge in [0, 0.05) is 24.2 Å². The molecule has 25 heavy (non-hydrogen) atoms. The number of carbonyl (C=O) groups excluding carboxylic acids is 1. The van der Waals surface area contributed by atoms with Gasteiger partial charge in [0.25, 0.3) is 0 Å². The van der Waals surface area contributed by atoms with Crippen molar-refractivity contribution >= 4 is 5.91 Å². The number of rotatable bonds is 4. The highest BCUT2D eigenvalue weighted by Crippen LogP contribution is 2.52. The molecule has 4 atom stereocenters. The molecule has 1 spiro atoms. The highest BCUT2D eigenvalue weighted by atomic mass is 16.3. The van der Waals surface area contributed by atoms with E-state index in [9.17, 15) is 9.90 Å². The van der Waals surface area contributed by atoms with Crippen molar-refractivity contribution in [3.8, 4) is 6.07 Å². The number of carbonyl (C=O) groups is 1. The number of likely N-dealkylation sites (tertiary alicyclic amines) is 1. The van der Waals surface area contributed by atoms with Gasteiger partial charge < -0.3 is 15.3 Å². The van der Waals surface area contributed by atoms with E-state index in [0.29, 0.717) is 17.7 Å². The number of nitriles is 1. The molecule has 1 aromatic heterocycles. The van der Waals surface area contributed by atoms with Crippen molar-refractivity contribution in [1.82, 2.24) is 15.2 Å². The standard InChI is InChI=1S/C19H26N4O2/c1-12(2)18-19(11-23(18)3)7-15(16(24)8-19)22-17(25)6-13-4-5-14(9-20)21-10-13/h4-5,10,12,15-16,18,24H,6-8,11H2,1-3H3,(H,22,25)/t15-,16-,18?,19?/m1/s1. The maximum Gasteiger partial charge on any atom is 0.224 e. The van der Waals surface area contributed by atoms with E-state index < -0.39 is 6.10 Å². The van der Waals surface area contributed by atoms with Crippen molar-refractivity contribution in [2.75, 3.05) is 13.6 Å². The van der Waals surface area contributed by atoms with Gasteiger partial charge >= 0.3 is 0 Å². The summed E-state index contributed by atoms with van der Waals surface area (Å²) in [6.45, 7) is 5.43. The summed E-state index contributed by atoms with van der Waals surface area (Å²) in [5.74, 6) is 0.423. The van der Waals surface area contributed by atoms with Crippen molar-refractivity contribution in [1.29, 1.82) is 5.26 Å². The Morgan fingerprint density at radius 2 is 2.28 bits per heavy atom. The van der Waals surface area contributed by atoms with E-state index in [2.05, 4.69) is 36.1 Å². The quantitative estimate of drug-likeness (QED) is 0.855. The lowest BCUT2D eigenvalue weighted by Crippen LogP contribution is -2.64. The molecular weight excluding hydrogens is 316 g/mol. The molecule has 134 valence electrons. The smallest absolute Gasteiger partial charge is 0.224 e. The van der Waals surface area contributed by atoms with Gasteiger partial charge in [-0.05, 0) is 37.4 Å². The molecule has 0 aromatic carbocycles. The monoisotopic (exact) mass is 342 g/mol. The highest BCUT2D eigenvalue weighted by Gasteiger charge is 2.58. The van der Waals surface area contributed by atoms with E-state index in [0.717, 1.165) is 24.9 Å². The molecule has 1 aliphatic carbocycles. The number of pyridine rings is 1. The molecule has 1 saturated carbocycles. The topological polar surface area (TPSA) is 89.2 Å². The first-order chi connectivity index (χ1) is 11.8. The molecule has 1 aromatic rings. The fraction of sp³-hybridized carbons (Fsp3) is 0.632. The van der Waals surface area contributed by atoms with E-state index in [1.54, 1.807) is 18.3 Å². The van der Waals surface area contributed by atoms with Crippen LogP contribution in [0, 0.1) is 22.7 Å². The van der Waals surface area contributed by atoms with Gasteiger partial charge in [-0.15, -0.1) is 0 Å². The number of amides is 1. The molecule has 1 saturated heterocycles. The Hall–Kier alpha value is -1.97. The molecule has 6 heteroatoms. The summed E-state index contributed by atoms with van der Waals surface area (Å²) in [7, 11) is 2.13. The molecule has 2 unspecified atom stereocenters. The summed E-state index contributed by atoms with van der Waals surface area (Å²) in [5, 5.41) is 22.2. The minimum Gasteiger partial charge on any atom is -0.391 e. The molecule has 6 nitrogen and oxygen atoms in total. The van der Waals surface area contributed by atoms with Crippen molar-refractivity contribution in [3.05, 3.63) is 29.6 Å².